The van der Waals surface area contributed by atoms with Crippen LogP contribution in [0.2, 0.25) is 0 Å². The number of rotatable bonds is 6. The van der Waals surface area contributed by atoms with Gasteiger partial charge in [-0.2, -0.15) is 0 Å². The second kappa shape index (κ2) is 9.90. The van der Waals surface area contributed by atoms with Gasteiger partial charge in [0.2, 0.25) is 5.78 Å². The van der Waals surface area contributed by atoms with Crippen LogP contribution >= 0.6 is 0 Å². The van der Waals surface area contributed by atoms with Gasteiger partial charge < -0.3 is 20.1 Å². The lowest BCUT2D eigenvalue weighted by molar-refractivity contribution is -0.178. The Balaban J connectivity index is 1.88. The number of hydrogen-bond donors (Lipinski definition) is 3. The normalized spacial score (nSPS) is 41.6. The molecule has 8 nitrogen and oxygen atoms in total. The van der Waals surface area contributed by atoms with E-state index >= 15 is 0 Å². The summed E-state index contributed by atoms with van der Waals surface area (Å²) in [5.41, 5.74) is -2.43. The van der Waals surface area contributed by atoms with Gasteiger partial charge in [-0.25, -0.2) is 4.79 Å². The SMILES string of the molecule is CC(=O)O[C@@H]1C(=O)C2=C([C@@H](O)CC3C(C)(C)[C@@H](O)CC[C@]23C)[C@]2(C)C(=O)C[C@H]([C@H](C)CC/C=C(\C)C(=O)O)[C@@]12C. The molecule has 0 amide bonds. The van der Waals surface area contributed by atoms with Crippen LogP contribution < -0.4 is 0 Å². The van der Waals surface area contributed by atoms with Crippen molar-refractivity contribution in [1.29, 1.82) is 0 Å². The van der Waals surface area contributed by atoms with Crippen molar-refractivity contribution in [2.75, 3.05) is 0 Å². The van der Waals surface area contributed by atoms with Crippen LogP contribution in [0.3, 0.4) is 0 Å². The molecule has 1 unspecified atom stereocenters. The van der Waals surface area contributed by atoms with Gasteiger partial charge >= 0.3 is 11.9 Å². The van der Waals surface area contributed by atoms with E-state index in [9.17, 15) is 34.5 Å². The molecule has 2 fully saturated rings. The quantitative estimate of drug-likeness (QED) is 0.322. The van der Waals surface area contributed by atoms with Crippen molar-refractivity contribution in [3.8, 4) is 0 Å². The average Bonchev–Trinajstić information content (AvgIpc) is 3.07. The molecular weight excluding hydrogens is 512 g/mol. The van der Waals surface area contributed by atoms with E-state index in [1.54, 1.807) is 13.0 Å². The molecule has 0 aliphatic heterocycles. The zero-order valence-electron chi connectivity index (χ0n) is 25.2. The number of aliphatic hydroxyl groups excluding tert-OH is 2. The molecule has 4 aliphatic carbocycles. The largest absolute Gasteiger partial charge is 0.478 e. The van der Waals surface area contributed by atoms with Crippen LogP contribution in [0.15, 0.2) is 22.8 Å². The minimum absolute atomic E-state index is 0.0718. The summed E-state index contributed by atoms with van der Waals surface area (Å²) in [6.07, 6.45) is 1.47. The van der Waals surface area contributed by atoms with Gasteiger partial charge in [0, 0.05) is 29.9 Å². The van der Waals surface area contributed by atoms with Crippen LogP contribution in [0.4, 0.5) is 0 Å². The molecule has 4 aliphatic rings. The standard InChI is InChI=1S/C32H46O8/c1-16(10-9-11-17(2)28(38)39)19-14-23(36)32(8)24-20(34)15-21-29(4,5)22(35)12-13-30(21,6)25(24)26(37)27(31(19,32)7)40-18(3)33/h11,16,19-22,27,34-35H,9-10,12-15H2,1-8H3,(H,38,39)/b17-11+/t16-,19-,20+,21?,22+,27-,30+,31+,32+/m1/s1. The van der Waals surface area contributed by atoms with Crippen LogP contribution in [-0.4, -0.2) is 57.1 Å². The maximum atomic E-state index is 14.6. The Morgan fingerprint density at radius 1 is 1.10 bits per heavy atom. The molecule has 0 heterocycles. The van der Waals surface area contributed by atoms with E-state index in [1.165, 1.54) is 6.92 Å². The Hall–Kier alpha value is -2.32. The summed E-state index contributed by atoms with van der Waals surface area (Å²) in [4.78, 5) is 52.5. The van der Waals surface area contributed by atoms with E-state index in [1.807, 2.05) is 41.5 Å². The first-order chi connectivity index (χ1) is 18.4. The number of aliphatic hydroxyl groups is 2. The van der Waals surface area contributed by atoms with Crippen LogP contribution in [0.25, 0.3) is 0 Å². The summed E-state index contributed by atoms with van der Waals surface area (Å²) in [5.74, 6) is -2.61. The van der Waals surface area contributed by atoms with Crippen molar-refractivity contribution in [3.05, 3.63) is 22.8 Å². The minimum Gasteiger partial charge on any atom is -0.478 e. The maximum absolute atomic E-state index is 14.6. The van der Waals surface area contributed by atoms with Gasteiger partial charge in [0.05, 0.1) is 17.6 Å². The van der Waals surface area contributed by atoms with E-state index in [0.717, 1.165) is 0 Å². The van der Waals surface area contributed by atoms with Crippen LogP contribution in [0.1, 0.15) is 93.9 Å². The van der Waals surface area contributed by atoms with Crippen molar-refractivity contribution in [3.63, 3.8) is 0 Å². The van der Waals surface area contributed by atoms with Crippen LogP contribution in [0.5, 0.6) is 0 Å². The molecule has 222 valence electrons. The molecule has 8 heteroatoms. The minimum atomic E-state index is -1.23. The molecule has 0 bridgehead atoms. The van der Waals surface area contributed by atoms with Gasteiger partial charge in [0.25, 0.3) is 0 Å². The molecule has 0 aromatic carbocycles. The fourth-order valence-electron chi connectivity index (χ4n) is 9.28. The van der Waals surface area contributed by atoms with Crippen LogP contribution in [0, 0.1) is 39.4 Å². The summed E-state index contributed by atoms with van der Waals surface area (Å²) in [6.45, 7) is 14.5. The molecule has 9 atom stereocenters. The molecule has 0 aromatic rings. The highest BCUT2D eigenvalue weighted by Gasteiger charge is 2.74. The summed E-state index contributed by atoms with van der Waals surface area (Å²) in [7, 11) is 0. The van der Waals surface area contributed by atoms with Gasteiger partial charge in [0.1, 0.15) is 5.78 Å². The lowest BCUT2D eigenvalue weighted by Crippen LogP contribution is -2.65. The number of carboxylic acids is 1. The Kier molecular flexibility index (Phi) is 7.58. The van der Waals surface area contributed by atoms with Gasteiger partial charge in [-0.3, -0.25) is 14.4 Å². The third-order valence-corrected chi connectivity index (χ3v) is 11.9. The number of esters is 1. The van der Waals surface area contributed by atoms with Crippen LogP contribution in [-0.2, 0) is 23.9 Å². The first-order valence-electron chi connectivity index (χ1n) is 14.6. The average molecular weight is 559 g/mol. The monoisotopic (exact) mass is 558 g/mol. The smallest absolute Gasteiger partial charge is 0.330 e. The third-order valence-electron chi connectivity index (χ3n) is 11.9. The Morgan fingerprint density at radius 3 is 2.30 bits per heavy atom. The Morgan fingerprint density at radius 2 is 1.73 bits per heavy atom. The lowest BCUT2D eigenvalue weighted by atomic mass is 9.42. The van der Waals surface area contributed by atoms with Crippen molar-refractivity contribution in [2.24, 2.45) is 39.4 Å². The molecule has 0 aromatic heterocycles. The van der Waals surface area contributed by atoms with E-state index in [4.69, 9.17) is 4.74 Å². The number of fused-ring (bicyclic) bond motifs is 4. The molecule has 40 heavy (non-hydrogen) atoms. The Labute approximate surface area is 237 Å². The topological polar surface area (TPSA) is 138 Å². The fraction of sp³-hybridized carbons (Fsp3) is 0.750. The predicted molar refractivity (Wildman–Crippen MR) is 148 cm³/mol. The zero-order chi connectivity index (χ0) is 30.2. The number of allylic oxidation sites excluding steroid dienone is 1. The lowest BCUT2D eigenvalue weighted by Gasteiger charge is -2.62. The molecule has 4 rings (SSSR count). The van der Waals surface area contributed by atoms with E-state index in [2.05, 4.69) is 0 Å². The van der Waals surface area contributed by atoms with Gasteiger partial charge in [-0.05, 0) is 80.1 Å². The zero-order valence-corrected chi connectivity index (χ0v) is 25.2. The number of Topliss-reactive ketones (excluding diaryl/α,β-unsaturated/α-hetero) is 2. The third kappa shape index (κ3) is 4.07. The Bertz CT molecular complexity index is 1200. The highest BCUT2D eigenvalue weighted by molar-refractivity contribution is 6.08. The predicted octanol–water partition coefficient (Wildman–Crippen LogP) is 4.41. The highest BCUT2D eigenvalue weighted by Crippen LogP contribution is 2.71. The maximum Gasteiger partial charge on any atom is 0.330 e. The van der Waals surface area contributed by atoms with E-state index in [-0.39, 0.29) is 41.3 Å². The molecule has 2 saturated carbocycles. The van der Waals surface area contributed by atoms with Crippen molar-refractivity contribution in [2.45, 2.75) is 112 Å². The molecular formula is C32H46O8. The second-order valence-electron chi connectivity index (χ2n) is 14.1. The molecule has 0 radical (unpaired) electrons. The first kappa shape index (κ1) is 30.6. The number of carbonyl (C=O) groups excluding carboxylic acids is 3. The number of ether oxygens (including phenoxy) is 1. The van der Waals surface area contributed by atoms with Crippen molar-refractivity contribution >= 4 is 23.5 Å². The van der Waals surface area contributed by atoms with E-state index < -0.39 is 51.9 Å². The molecule has 0 spiro atoms. The summed E-state index contributed by atoms with van der Waals surface area (Å²) < 4.78 is 5.88. The number of carboxylic acid groups (broad SMARTS) is 1. The van der Waals surface area contributed by atoms with Crippen molar-refractivity contribution in [1.82, 2.24) is 0 Å². The molecule has 0 saturated heterocycles. The second-order valence-corrected chi connectivity index (χ2v) is 14.1. The number of carbonyl (C=O) groups is 4. The summed E-state index contributed by atoms with van der Waals surface area (Å²) in [5, 5.41) is 31.9. The number of ketones is 2. The van der Waals surface area contributed by atoms with Gasteiger partial charge in [-0.15, -0.1) is 0 Å². The number of aliphatic carboxylic acids is 1. The molecule has 3 N–H and O–H groups in total. The van der Waals surface area contributed by atoms with Crippen molar-refractivity contribution < 1.29 is 39.2 Å². The number of hydrogen-bond acceptors (Lipinski definition) is 7. The summed E-state index contributed by atoms with van der Waals surface area (Å²) in [6, 6.07) is 0. The van der Waals surface area contributed by atoms with Gasteiger partial charge in [0.15, 0.2) is 6.10 Å². The summed E-state index contributed by atoms with van der Waals surface area (Å²) >= 11 is 0. The highest BCUT2D eigenvalue weighted by atomic mass is 16.5. The fourth-order valence-corrected chi connectivity index (χ4v) is 9.28. The van der Waals surface area contributed by atoms with Gasteiger partial charge in [-0.1, -0.05) is 40.7 Å². The first-order valence-corrected chi connectivity index (χ1v) is 14.6. The van der Waals surface area contributed by atoms with E-state index in [0.29, 0.717) is 43.3 Å².